The molecule has 0 amide bonds. The minimum atomic E-state index is -0.567. The van der Waals surface area contributed by atoms with Crippen LogP contribution in [0.3, 0.4) is 0 Å². The van der Waals surface area contributed by atoms with Gasteiger partial charge in [-0.05, 0) is 88.2 Å². The number of nitrogens with zero attached hydrogens (tertiary/aromatic N) is 1. The number of esters is 1. The number of hydrogen-bond acceptors (Lipinski definition) is 5. The van der Waals surface area contributed by atoms with Crippen molar-refractivity contribution in [3.63, 3.8) is 0 Å². The molecule has 33 heavy (non-hydrogen) atoms. The van der Waals surface area contributed by atoms with Crippen LogP contribution >= 0.6 is 11.6 Å². The van der Waals surface area contributed by atoms with Crippen molar-refractivity contribution in [2.24, 2.45) is 34.5 Å². The Hall–Kier alpha value is -1.75. The summed E-state index contributed by atoms with van der Waals surface area (Å²) in [6, 6.07) is 3.88. The summed E-state index contributed by atoms with van der Waals surface area (Å²) in [4.78, 5) is 41.9. The average molecular weight is 474 g/mol. The molecule has 1 aromatic heterocycles. The van der Waals surface area contributed by atoms with Gasteiger partial charge < -0.3 is 14.3 Å². The Balaban J connectivity index is 1.57. The van der Waals surface area contributed by atoms with E-state index in [1.807, 2.05) is 26.8 Å². The monoisotopic (exact) mass is 473 g/mol. The highest BCUT2D eigenvalue weighted by molar-refractivity contribution is 6.29. The summed E-state index contributed by atoms with van der Waals surface area (Å²) in [5, 5.41) is 0.497. The minimum Gasteiger partial charge on any atom is -0.462 e. The van der Waals surface area contributed by atoms with Crippen LogP contribution in [0.2, 0.25) is 5.15 Å². The fourth-order valence-electron chi connectivity index (χ4n) is 6.95. The highest BCUT2D eigenvalue weighted by Crippen LogP contribution is 2.60. The van der Waals surface area contributed by atoms with Crippen LogP contribution in [-0.2, 0) is 31.0 Å². The largest absolute Gasteiger partial charge is 0.462 e. The Labute approximate surface area is 202 Å². The van der Waals surface area contributed by atoms with Crippen molar-refractivity contribution in [3.8, 4) is 0 Å². The first-order chi connectivity index (χ1) is 15.4. The Morgan fingerprint density at radius 1 is 1.12 bits per heavy atom. The maximum absolute atomic E-state index is 12.6. The molecule has 3 unspecified atom stereocenters. The first-order valence-electron chi connectivity index (χ1n) is 12.2. The van der Waals surface area contributed by atoms with Gasteiger partial charge in [-0.25, -0.2) is 4.98 Å². The molecule has 0 aromatic carbocycles. The SMILES string of the molecule is CC(C)(C)C(=O)OC1CCC(C)([C@H]2CC[C@]3(C)c4nc(Cl)ccc4C[C@H]3[C@@H]2C=O)C(C=O)C1. The van der Waals surface area contributed by atoms with Gasteiger partial charge in [0.2, 0.25) is 0 Å². The second kappa shape index (κ2) is 8.48. The highest BCUT2D eigenvalue weighted by Gasteiger charge is 2.58. The van der Waals surface area contributed by atoms with E-state index in [2.05, 4.69) is 24.9 Å². The van der Waals surface area contributed by atoms with E-state index in [1.165, 1.54) is 5.56 Å². The van der Waals surface area contributed by atoms with Crippen molar-refractivity contribution in [2.75, 3.05) is 0 Å². The molecular weight excluding hydrogens is 438 g/mol. The van der Waals surface area contributed by atoms with Crippen LogP contribution in [0.4, 0.5) is 0 Å². The van der Waals surface area contributed by atoms with Crippen LogP contribution in [-0.4, -0.2) is 29.6 Å². The van der Waals surface area contributed by atoms with Crippen LogP contribution in [0.15, 0.2) is 12.1 Å². The standard InChI is InChI=1S/C27H36ClNO4/c1-25(2,3)24(32)33-18-8-10-26(4,17(13-18)14-30)20-9-11-27(5)21(19(20)15-31)12-16-6-7-22(28)29-23(16)27/h6-7,14-15,17-21H,8-13H2,1-5H3/t17?,18?,19-,20+,21+,26?,27+/m1/s1. The van der Waals surface area contributed by atoms with Gasteiger partial charge in [-0.15, -0.1) is 0 Å². The lowest BCUT2D eigenvalue weighted by Crippen LogP contribution is -2.52. The van der Waals surface area contributed by atoms with Crippen molar-refractivity contribution in [1.29, 1.82) is 0 Å². The topological polar surface area (TPSA) is 73.3 Å². The van der Waals surface area contributed by atoms with E-state index >= 15 is 0 Å². The molecule has 3 aliphatic rings. The molecule has 5 nitrogen and oxygen atoms in total. The number of hydrogen-bond donors (Lipinski definition) is 0. The van der Waals surface area contributed by atoms with Gasteiger partial charge in [0.05, 0.1) is 11.1 Å². The third kappa shape index (κ3) is 4.05. The number of ether oxygens (including phenoxy) is 1. The first kappa shape index (κ1) is 24.4. The van der Waals surface area contributed by atoms with Gasteiger partial charge in [0.25, 0.3) is 0 Å². The van der Waals surface area contributed by atoms with Crippen LogP contribution in [0.25, 0.3) is 0 Å². The summed E-state index contributed by atoms with van der Waals surface area (Å²) in [5.74, 6) is -0.326. The first-order valence-corrected chi connectivity index (χ1v) is 12.6. The second-order valence-corrected chi connectivity index (χ2v) is 12.4. The van der Waals surface area contributed by atoms with E-state index < -0.39 is 5.41 Å². The summed E-state index contributed by atoms with van der Waals surface area (Å²) in [7, 11) is 0. The molecule has 1 aromatic rings. The van der Waals surface area contributed by atoms with Gasteiger partial charge >= 0.3 is 5.97 Å². The molecule has 0 aliphatic heterocycles. The molecule has 180 valence electrons. The van der Waals surface area contributed by atoms with Gasteiger partial charge in [-0.2, -0.15) is 0 Å². The van der Waals surface area contributed by atoms with Crippen LogP contribution < -0.4 is 0 Å². The van der Waals surface area contributed by atoms with E-state index in [4.69, 9.17) is 16.3 Å². The molecule has 2 fully saturated rings. The molecule has 4 rings (SSSR count). The fourth-order valence-corrected chi connectivity index (χ4v) is 7.09. The number of fused-ring (bicyclic) bond motifs is 3. The van der Waals surface area contributed by atoms with Gasteiger partial charge in [-0.1, -0.05) is 31.5 Å². The summed E-state index contributed by atoms with van der Waals surface area (Å²) >= 11 is 6.22. The third-order valence-corrected chi connectivity index (χ3v) is 9.28. The lowest BCUT2D eigenvalue weighted by atomic mass is 9.50. The number of pyridine rings is 1. The molecule has 3 aliphatic carbocycles. The Morgan fingerprint density at radius 2 is 1.85 bits per heavy atom. The second-order valence-electron chi connectivity index (χ2n) is 12.0. The van der Waals surface area contributed by atoms with Crippen molar-refractivity contribution in [1.82, 2.24) is 4.98 Å². The zero-order chi connectivity index (χ0) is 24.2. The summed E-state index contributed by atoms with van der Waals surface area (Å²) in [5.41, 5.74) is 1.20. The smallest absolute Gasteiger partial charge is 0.311 e. The van der Waals surface area contributed by atoms with E-state index in [0.29, 0.717) is 11.6 Å². The summed E-state index contributed by atoms with van der Waals surface area (Å²) in [6.45, 7) is 9.93. The van der Waals surface area contributed by atoms with Crippen LogP contribution in [0.1, 0.15) is 78.0 Å². The van der Waals surface area contributed by atoms with Gasteiger partial charge in [0.15, 0.2) is 0 Å². The molecule has 6 heteroatoms. The molecule has 0 spiro atoms. The molecule has 1 heterocycles. The number of halogens is 1. The Bertz CT molecular complexity index is 956. The summed E-state index contributed by atoms with van der Waals surface area (Å²) in [6.07, 6.45) is 6.58. The van der Waals surface area contributed by atoms with Crippen LogP contribution in [0.5, 0.6) is 0 Å². The molecule has 0 saturated heterocycles. The molecule has 0 radical (unpaired) electrons. The fraction of sp³-hybridized carbons (Fsp3) is 0.704. The number of aromatic nitrogens is 1. The number of aldehydes is 2. The molecule has 0 N–H and O–H groups in total. The van der Waals surface area contributed by atoms with E-state index in [9.17, 15) is 14.4 Å². The van der Waals surface area contributed by atoms with Gasteiger partial charge in [-0.3, -0.25) is 4.79 Å². The van der Waals surface area contributed by atoms with Crippen molar-refractivity contribution in [3.05, 3.63) is 28.5 Å². The predicted molar refractivity (Wildman–Crippen MR) is 127 cm³/mol. The van der Waals surface area contributed by atoms with Crippen molar-refractivity contribution < 1.29 is 19.1 Å². The zero-order valence-corrected chi connectivity index (χ0v) is 21.2. The molecule has 2 saturated carbocycles. The maximum atomic E-state index is 12.6. The zero-order valence-electron chi connectivity index (χ0n) is 20.4. The summed E-state index contributed by atoms with van der Waals surface area (Å²) < 4.78 is 5.77. The Kier molecular flexibility index (Phi) is 6.26. The quantitative estimate of drug-likeness (QED) is 0.334. The number of rotatable bonds is 4. The van der Waals surface area contributed by atoms with Crippen molar-refractivity contribution in [2.45, 2.75) is 84.7 Å². The lowest BCUT2D eigenvalue weighted by molar-refractivity contribution is -0.166. The maximum Gasteiger partial charge on any atom is 0.311 e. The van der Waals surface area contributed by atoms with Gasteiger partial charge in [0.1, 0.15) is 23.8 Å². The number of carbonyl (C=O) groups is 3. The minimum absolute atomic E-state index is 0.118. The highest BCUT2D eigenvalue weighted by atomic mass is 35.5. The molecule has 7 atom stereocenters. The average Bonchev–Trinajstić information content (AvgIpc) is 3.05. The van der Waals surface area contributed by atoms with E-state index in [1.54, 1.807) is 0 Å². The Morgan fingerprint density at radius 3 is 2.48 bits per heavy atom. The molecular formula is C27H36ClNO4. The van der Waals surface area contributed by atoms with Crippen molar-refractivity contribution >= 4 is 30.1 Å². The normalized spacial score (nSPS) is 38.2. The third-order valence-electron chi connectivity index (χ3n) is 9.07. The van der Waals surface area contributed by atoms with Crippen LogP contribution in [0, 0.1) is 34.5 Å². The van der Waals surface area contributed by atoms with Gasteiger partial charge in [0, 0.05) is 17.3 Å². The predicted octanol–water partition coefficient (Wildman–Crippen LogP) is 5.35. The lowest BCUT2D eigenvalue weighted by Gasteiger charge is -2.54. The van der Waals surface area contributed by atoms with E-state index in [0.717, 1.165) is 50.4 Å². The van der Waals surface area contributed by atoms with E-state index in [-0.39, 0.29) is 46.6 Å². The number of carbonyl (C=O) groups excluding carboxylic acids is 3. The molecule has 0 bridgehead atoms.